The molecular formula is C12H14Cl2N2O. The van der Waals surface area contributed by atoms with Gasteiger partial charge in [-0.25, -0.2) is 0 Å². The molecule has 1 amide bonds. The fraction of sp³-hybridized carbons (Fsp3) is 0.417. The molecule has 1 aromatic rings. The Kier molecular flexibility index (Phi) is 3.92. The normalized spacial score (nSPS) is 20.1. The number of hydrogen-bond acceptors (Lipinski definition) is 2. The van der Waals surface area contributed by atoms with Crippen molar-refractivity contribution in [3.8, 4) is 0 Å². The zero-order valence-electron chi connectivity index (χ0n) is 9.33. The Morgan fingerprint density at radius 1 is 1.35 bits per heavy atom. The third-order valence-electron chi connectivity index (χ3n) is 2.99. The molecule has 1 aliphatic heterocycles. The van der Waals surface area contributed by atoms with E-state index in [0.717, 1.165) is 12.1 Å². The first kappa shape index (κ1) is 12.7. The Morgan fingerprint density at radius 3 is 2.71 bits per heavy atom. The third kappa shape index (κ3) is 2.92. The molecule has 0 spiro atoms. The number of amides is 1. The molecular weight excluding hydrogens is 259 g/mol. The molecule has 0 aliphatic carbocycles. The van der Waals surface area contributed by atoms with Gasteiger partial charge in [-0.2, -0.15) is 0 Å². The van der Waals surface area contributed by atoms with E-state index in [1.165, 1.54) is 0 Å². The van der Waals surface area contributed by atoms with Crippen molar-refractivity contribution >= 4 is 29.1 Å². The van der Waals surface area contributed by atoms with Crippen LogP contribution in [0.15, 0.2) is 18.2 Å². The molecule has 1 aliphatic rings. The van der Waals surface area contributed by atoms with Crippen molar-refractivity contribution in [2.24, 2.45) is 11.7 Å². The Balaban J connectivity index is 2.06. The summed E-state index contributed by atoms with van der Waals surface area (Å²) in [6.07, 6.45) is 0.553. The smallest absolute Gasteiger partial charge is 0.223 e. The maximum atomic E-state index is 11.7. The predicted molar refractivity (Wildman–Crippen MR) is 69.0 cm³/mol. The summed E-state index contributed by atoms with van der Waals surface area (Å²) < 4.78 is 0. The number of hydrogen-bond donors (Lipinski definition) is 1. The van der Waals surface area contributed by atoms with Crippen LogP contribution in [0.2, 0.25) is 10.0 Å². The van der Waals surface area contributed by atoms with E-state index >= 15 is 0 Å². The van der Waals surface area contributed by atoms with Crippen molar-refractivity contribution in [3.63, 3.8) is 0 Å². The number of nitrogens with zero attached hydrogens (tertiary/aromatic N) is 1. The van der Waals surface area contributed by atoms with E-state index in [4.69, 9.17) is 28.9 Å². The lowest BCUT2D eigenvalue weighted by atomic mass is 10.1. The highest BCUT2D eigenvalue weighted by atomic mass is 35.5. The van der Waals surface area contributed by atoms with Gasteiger partial charge in [0.2, 0.25) is 5.91 Å². The van der Waals surface area contributed by atoms with Crippen LogP contribution >= 0.6 is 23.2 Å². The van der Waals surface area contributed by atoms with Crippen LogP contribution in [0.4, 0.5) is 0 Å². The second kappa shape index (κ2) is 5.25. The summed E-state index contributed by atoms with van der Waals surface area (Å²) >= 11 is 11.8. The van der Waals surface area contributed by atoms with Crippen LogP contribution in [-0.2, 0) is 11.3 Å². The fourth-order valence-corrected chi connectivity index (χ4v) is 2.34. The summed E-state index contributed by atoms with van der Waals surface area (Å²) in [6.45, 7) is 1.87. The Labute approximate surface area is 110 Å². The van der Waals surface area contributed by atoms with E-state index in [-0.39, 0.29) is 11.8 Å². The molecule has 92 valence electrons. The van der Waals surface area contributed by atoms with E-state index in [9.17, 15) is 4.79 Å². The maximum Gasteiger partial charge on any atom is 0.223 e. The molecule has 1 unspecified atom stereocenters. The minimum Gasteiger partial charge on any atom is -0.338 e. The lowest BCUT2D eigenvalue weighted by Crippen LogP contribution is -2.25. The third-order valence-corrected chi connectivity index (χ3v) is 3.72. The van der Waals surface area contributed by atoms with Crippen LogP contribution in [0.5, 0.6) is 0 Å². The van der Waals surface area contributed by atoms with Gasteiger partial charge >= 0.3 is 0 Å². The standard InChI is InChI=1S/C12H14Cl2N2O/c13-10-2-1-8(3-11(10)14)6-16-7-9(5-15)4-12(16)17/h1-3,9H,4-7,15H2. The van der Waals surface area contributed by atoms with Crippen LogP contribution in [-0.4, -0.2) is 23.9 Å². The van der Waals surface area contributed by atoms with Gasteiger partial charge in [-0.1, -0.05) is 29.3 Å². The van der Waals surface area contributed by atoms with Gasteiger partial charge in [-0.3, -0.25) is 4.79 Å². The summed E-state index contributed by atoms with van der Waals surface area (Å²) in [6, 6.07) is 5.43. The van der Waals surface area contributed by atoms with Gasteiger partial charge in [0.1, 0.15) is 0 Å². The summed E-state index contributed by atoms with van der Waals surface area (Å²) in [5, 5.41) is 1.05. The maximum absolute atomic E-state index is 11.7. The summed E-state index contributed by atoms with van der Waals surface area (Å²) in [5.41, 5.74) is 6.57. The van der Waals surface area contributed by atoms with Crippen LogP contribution in [0.3, 0.4) is 0 Å². The van der Waals surface area contributed by atoms with E-state index in [0.29, 0.717) is 29.6 Å². The first-order valence-corrected chi connectivity index (χ1v) is 6.27. The molecule has 5 heteroatoms. The number of halogens is 2. The lowest BCUT2D eigenvalue weighted by molar-refractivity contribution is -0.128. The molecule has 3 nitrogen and oxygen atoms in total. The van der Waals surface area contributed by atoms with E-state index < -0.39 is 0 Å². The summed E-state index contributed by atoms with van der Waals surface area (Å²) in [4.78, 5) is 13.5. The van der Waals surface area contributed by atoms with Crippen LogP contribution in [0.25, 0.3) is 0 Å². The predicted octanol–water partition coefficient (Wildman–Crippen LogP) is 2.30. The second-order valence-electron chi connectivity index (χ2n) is 4.33. The first-order chi connectivity index (χ1) is 8.10. The number of benzene rings is 1. The van der Waals surface area contributed by atoms with Gasteiger partial charge in [0.25, 0.3) is 0 Å². The topological polar surface area (TPSA) is 46.3 Å². The summed E-state index contributed by atoms with van der Waals surface area (Å²) in [7, 11) is 0. The molecule has 0 aromatic heterocycles. The molecule has 1 fully saturated rings. The van der Waals surface area contributed by atoms with E-state index in [1.54, 1.807) is 12.1 Å². The molecule has 17 heavy (non-hydrogen) atoms. The molecule has 0 saturated carbocycles. The molecule has 2 rings (SSSR count). The largest absolute Gasteiger partial charge is 0.338 e. The van der Waals surface area contributed by atoms with Gasteiger partial charge < -0.3 is 10.6 Å². The van der Waals surface area contributed by atoms with E-state index in [2.05, 4.69) is 0 Å². The van der Waals surface area contributed by atoms with Gasteiger partial charge in [0.05, 0.1) is 10.0 Å². The average molecular weight is 273 g/mol. The highest BCUT2D eigenvalue weighted by molar-refractivity contribution is 6.42. The minimum absolute atomic E-state index is 0.159. The van der Waals surface area contributed by atoms with Gasteiger partial charge in [0, 0.05) is 19.5 Å². The van der Waals surface area contributed by atoms with Crippen molar-refractivity contribution in [3.05, 3.63) is 33.8 Å². The second-order valence-corrected chi connectivity index (χ2v) is 5.14. The molecule has 1 atom stereocenters. The van der Waals surface area contributed by atoms with Crippen molar-refractivity contribution in [1.82, 2.24) is 4.90 Å². The molecule has 0 radical (unpaired) electrons. The molecule has 1 aromatic carbocycles. The SMILES string of the molecule is NCC1CC(=O)N(Cc2ccc(Cl)c(Cl)c2)C1. The van der Waals surface area contributed by atoms with Gasteiger partial charge in [-0.15, -0.1) is 0 Å². The highest BCUT2D eigenvalue weighted by Crippen LogP contribution is 2.25. The zero-order chi connectivity index (χ0) is 12.4. The van der Waals surface area contributed by atoms with Crippen molar-refractivity contribution < 1.29 is 4.79 Å². The number of carbonyl (C=O) groups is 1. The van der Waals surface area contributed by atoms with Crippen LogP contribution in [0.1, 0.15) is 12.0 Å². The lowest BCUT2D eigenvalue weighted by Gasteiger charge is -2.16. The van der Waals surface area contributed by atoms with E-state index in [1.807, 2.05) is 11.0 Å². The Hall–Kier alpha value is -0.770. The zero-order valence-corrected chi connectivity index (χ0v) is 10.8. The van der Waals surface area contributed by atoms with Crippen molar-refractivity contribution in [2.75, 3.05) is 13.1 Å². The average Bonchev–Trinajstić information content (AvgIpc) is 2.65. The first-order valence-electron chi connectivity index (χ1n) is 5.52. The van der Waals surface area contributed by atoms with Crippen molar-refractivity contribution in [2.45, 2.75) is 13.0 Å². The molecule has 1 heterocycles. The minimum atomic E-state index is 0.159. The van der Waals surface area contributed by atoms with Crippen molar-refractivity contribution in [1.29, 1.82) is 0 Å². The number of nitrogens with two attached hydrogens (primary N) is 1. The molecule has 0 bridgehead atoms. The Bertz CT molecular complexity index is 437. The molecule has 1 saturated heterocycles. The fourth-order valence-electron chi connectivity index (χ4n) is 2.02. The van der Waals surface area contributed by atoms with Crippen LogP contribution < -0.4 is 5.73 Å². The quantitative estimate of drug-likeness (QED) is 0.918. The Morgan fingerprint density at radius 2 is 2.12 bits per heavy atom. The number of carbonyl (C=O) groups excluding carboxylic acids is 1. The number of rotatable bonds is 3. The monoisotopic (exact) mass is 272 g/mol. The van der Waals surface area contributed by atoms with Gasteiger partial charge in [-0.05, 0) is 30.2 Å². The highest BCUT2D eigenvalue weighted by Gasteiger charge is 2.28. The summed E-state index contributed by atoms with van der Waals surface area (Å²) in [5.74, 6) is 0.441. The van der Waals surface area contributed by atoms with Gasteiger partial charge in [0.15, 0.2) is 0 Å². The van der Waals surface area contributed by atoms with Crippen LogP contribution in [0, 0.1) is 5.92 Å². The number of likely N-dealkylation sites (tertiary alicyclic amines) is 1. The molecule has 2 N–H and O–H groups in total.